The van der Waals surface area contributed by atoms with Crippen LogP contribution in [-0.4, -0.2) is 77.7 Å². The van der Waals surface area contributed by atoms with Crippen molar-refractivity contribution < 1.29 is 29.6 Å². The molecule has 0 aromatic rings. The first-order chi connectivity index (χ1) is 11.4. The third kappa shape index (κ3) is 6.25. The average molecular weight is 349 g/mol. The maximum atomic E-state index is 11.8. The third-order valence-corrected chi connectivity index (χ3v) is 3.98. The van der Waals surface area contributed by atoms with Crippen LogP contribution < -0.4 is 16.8 Å². The molecule has 1 amide bonds. The molecule has 6 atom stereocenters. The number of amides is 1. The molecule has 1 aliphatic heterocycles. The van der Waals surface area contributed by atoms with Crippen LogP contribution in [0.25, 0.3) is 0 Å². The Morgan fingerprint density at radius 1 is 1.25 bits per heavy atom. The fraction of sp³-hybridized carbons (Fsp3) is 0.933. The van der Waals surface area contributed by atoms with Crippen LogP contribution in [0.15, 0.2) is 0 Å². The van der Waals surface area contributed by atoms with Crippen molar-refractivity contribution in [2.45, 2.75) is 69.3 Å². The average Bonchev–Trinajstić information content (AvgIpc) is 2.56. The summed E-state index contributed by atoms with van der Waals surface area (Å²) in [6.07, 6.45) is -0.963. The van der Waals surface area contributed by atoms with Gasteiger partial charge in [-0.15, -0.1) is 0 Å². The van der Waals surface area contributed by atoms with Gasteiger partial charge in [-0.1, -0.05) is 12.8 Å². The number of aliphatic hydroxyl groups is 3. The Hall–Kier alpha value is -0.810. The van der Waals surface area contributed by atoms with E-state index in [9.17, 15) is 20.1 Å². The van der Waals surface area contributed by atoms with Crippen LogP contribution in [0.1, 0.15) is 32.6 Å². The monoisotopic (exact) mass is 349 g/mol. The molecule has 0 radical (unpaired) electrons. The van der Waals surface area contributed by atoms with Crippen LogP contribution in [-0.2, 0) is 14.3 Å². The van der Waals surface area contributed by atoms with Crippen LogP contribution in [0.2, 0.25) is 0 Å². The molecule has 1 rings (SSSR count). The minimum atomic E-state index is -1.34. The largest absolute Gasteiger partial charge is 0.394 e. The van der Waals surface area contributed by atoms with Gasteiger partial charge in [-0.25, -0.2) is 0 Å². The highest BCUT2D eigenvalue weighted by molar-refractivity contribution is 5.81. The molecule has 8 N–H and O–H groups in total. The molecule has 24 heavy (non-hydrogen) atoms. The molecule has 0 saturated carbocycles. The van der Waals surface area contributed by atoms with Crippen LogP contribution in [0.5, 0.6) is 0 Å². The maximum Gasteiger partial charge on any atom is 0.237 e. The third-order valence-electron chi connectivity index (χ3n) is 3.98. The molecule has 1 saturated heterocycles. The number of ether oxygens (including phenoxy) is 2. The topological polar surface area (TPSA) is 160 Å². The van der Waals surface area contributed by atoms with Gasteiger partial charge < -0.3 is 41.6 Å². The molecule has 0 aromatic heterocycles. The number of aliphatic hydroxyl groups excluding tert-OH is 3. The Morgan fingerprint density at radius 2 is 1.92 bits per heavy atom. The number of unbranched alkanes of at least 4 members (excludes halogenated alkanes) is 3. The van der Waals surface area contributed by atoms with Gasteiger partial charge in [-0.05, 0) is 26.3 Å². The zero-order valence-corrected chi connectivity index (χ0v) is 14.1. The number of nitrogens with one attached hydrogen (secondary N) is 1. The summed E-state index contributed by atoms with van der Waals surface area (Å²) < 4.78 is 11.1. The number of carbonyl (C=O) groups is 1. The van der Waals surface area contributed by atoms with Crippen molar-refractivity contribution >= 4 is 5.91 Å². The zero-order valence-electron chi connectivity index (χ0n) is 14.1. The van der Waals surface area contributed by atoms with Crippen LogP contribution in [0.4, 0.5) is 0 Å². The summed E-state index contributed by atoms with van der Waals surface area (Å²) in [7, 11) is 0. The van der Waals surface area contributed by atoms with E-state index in [0.717, 1.165) is 25.7 Å². The second-order valence-electron chi connectivity index (χ2n) is 6.10. The first-order valence-electron chi connectivity index (χ1n) is 8.42. The molecule has 1 heterocycles. The van der Waals surface area contributed by atoms with E-state index in [4.69, 9.17) is 20.9 Å². The summed E-state index contributed by atoms with van der Waals surface area (Å²) in [4.78, 5) is 11.8. The van der Waals surface area contributed by atoms with Crippen molar-refractivity contribution in [3.8, 4) is 0 Å². The standard InChI is InChI=1S/C15H31N3O6/c1-9(17)14(22)18-11-13(21)12(20)10(8-19)24-15(11)23-7-5-3-2-4-6-16/h9-13,15,19-21H,2-8,16-17H2,1H3,(H,18,22)/t9-,10?,11?,12?,13?,15?/m1/s1. The summed E-state index contributed by atoms with van der Waals surface area (Å²) in [6, 6.07) is -1.74. The lowest BCUT2D eigenvalue weighted by atomic mass is 9.96. The van der Waals surface area contributed by atoms with E-state index in [1.54, 1.807) is 0 Å². The Labute approximate surface area is 142 Å². The predicted octanol–water partition coefficient (Wildman–Crippen LogP) is -2.21. The van der Waals surface area contributed by atoms with Gasteiger partial charge in [-0.2, -0.15) is 0 Å². The second kappa shape index (κ2) is 10.9. The Bertz CT molecular complexity index is 371. The lowest BCUT2D eigenvalue weighted by Crippen LogP contribution is -2.65. The molecule has 0 bridgehead atoms. The minimum absolute atomic E-state index is 0.362. The van der Waals surface area contributed by atoms with E-state index in [0.29, 0.717) is 13.2 Å². The first-order valence-corrected chi connectivity index (χ1v) is 8.42. The van der Waals surface area contributed by atoms with E-state index in [1.165, 1.54) is 6.92 Å². The van der Waals surface area contributed by atoms with Crippen molar-refractivity contribution in [3.05, 3.63) is 0 Å². The van der Waals surface area contributed by atoms with Crippen LogP contribution in [0, 0.1) is 0 Å². The quantitative estimate of drug-likeness (QED) is 0.242. The van der Waals surface area contributed by atoms with Gasteiger partial charge in [0.1, 0.15) is 24.4 Å². The van der Waals surface area contributed by atoms with E-state index in [2.05, 4.69) is 5.32 Å². The molecule has 142 valence electrons. The van der Waals surface area contributed by atoms with Gasteiger partial charge in [0.2, 0.25) is 5.91 Å². The minimum Gasteiger partial charge on any atom is -0.394 e. The lowest BCUT2D eigenvalue weighted by molar-refractivity contribution is -0.270. The Balaban J connectivity index is 2.61. The lowest BCUT2D eigenvalue weighted by Gasteiger charge is -2.42. The predicted molar refractivity (Wildman–Crippen MR) is 86.8 cm³/mol. The highest BCUT2D eigenvalue weighted by Gasteiger charge is 2.45. The van der Waals surface area contributed by atoms with E-state index in [-0.39, 0.29) is 0 Å². The number of hydrogen-bond acceptors (Lipinski definition) is 8. The molecule has 1 fully saturated rings. The summed E-state index contributed by atoms with van der Waals surface area (Å²) in [5.41, 5.74) is 10.9. The molecular weight excluding hydrogens is 318 g/mol. The Morgan fingerprint density at radius 3 is 2.50 bits per heavy atom. The highest BCUT2D eigenvalue weighted by Crippen LogP contribution is 2.22. The highest BCUT2D eigenvalue weighted by atomic mass is 16.7. The maximum absolute atomic E-state index is 11.8. The summed E-state index contributed by atoms with van der Waals surface area (Å²) in [5, 5.41) is 32.0. The molecular formula is C15H31N3O6. The van der Waals surface area contributed by atoms with Gasteiger partial charge in [0.15, 0.2) is 6.29 Å². The smallest absolute Gasteiger partial charge is 0.237 e. The van der Waals surface area contributed by atoms with Crippen molar-refractivity contribution in [1.82, 2.24) is 5.32 Å². The second-order valence-corrected chi connectivity index (χ2v) is 6.10. The van der Waals surface area contributed by atoms with E-state index >= 15 is 0 Å². The molecule has 1 aliphatic rings. The number of nitrogens with two attached hydrogens (primary N) is 2. The molecule has 0 spiro atoms. The van der Waals surface area contributed by atoms with Crippen molar-refractivity contribution in [3.63, 3.8) is 0 Å². The Kier molecular flexibility index (Phi) is 9.67. The molecule has 0 aromatic carbocycles. The normalized spacial score (nSPS) is 31.7. The number of rotatable bonds is 10. The molecule has 9 nitrogen and oxygen atoms in total. The molecule has 9 heteroatoms. The van der Waals surface area contributed by atoms with E-state index < -0.39 is 49.2 Å². The summed E-state index contributed by atoms with van der Waals surface area (Å²) in [5.74, 6) is -0.492. The zero-order chi connectivity index (χ0) is 18.1. The molecule has 0 aliphatic carbocycles. The van der Waals surface area contributed by atoms with Gasteiger partial charge in [0.05, 0.1) is 12.6 Å². The SMILES string of the molecule is C[C@@H](N)C(=O)NC1C(OCCCCCCN)OC(CO)C(O)C1O. The van der Waals surface area contributed by atoms with Gasteiger partial charge in [0, 0.05) is 6.61 Å². The van der Waals surface area contributed by atoms with Crippen molar-refractivity contribution in [2.24, 2.45) is 11.5 Å². The fourth-order valence-corrected chi connectivity index (χ4v) is 2.47. The number of hydrogen-bond donors (Lipinski definition) is 6. The van der Waals surface area contributed by atoms with Crippen LogP contribution >= 0.6 is 0 Å². The first kappa shape index (κ1) is 21.2. The van der Waals surface area contributed by atoms with Crippen molar-refractivity contribution in [2.75, 3.05) is 19.8 Å². The van der Waals surface area contributed by atoms with Crippen molar-refractivity contribution in [1.29, 1.82) is 0 Å². The summed E-state index contributed by atoms with van der Waals surface area (Å²) >= 11 is 0. The fourth-order valence-electron chi connectivity index (χ4n) is 2.47. The van der Waals surface area contributed by atoms with Gasteiger partial charge in [0.25, 0.3) is 0 Å². The van der Waals surface area contributed by atoms with Gasteiger partial charge >= 0.3 is 0 Å². The molecule has 5 unspecified atom stereocenters. The van der Waals surface area contributed by atoms with E-state index in [1.807, 2.05) is 0 Å². The number of carbonyl (C=O) groups excluding carboxylic acids is 1. The van der Waals surface area contributed by atoms with Crippen LogP contribution in [0.3, 0.4) is 0 Å². The summed E-state index contributed by atoms with van der Waals surface area (Å²) in [6.45, 7) is 2.05. The van der Waals surface area contributed by atoms with Gasteiger partial charge in [-0.3, -0.25) is 4.79 Å².